The molecule has 1 amide bonds. The zero-order valence-electron chi connectivity index (χ0n) is 13.4. The van der Waals surface area contributed by atoms with E-state index in [9.17, 15) is 4.79 Å². The maximum atomic E-state index is 11.9. The molecule has 7 nitrogen and oxygen atoms in total. The lowest BCUT2D eigenvalue weighted by Gasteiger charge is -2.06. The van der Waals surface area contributed by atoms with Crippen LogP contribution in [0, 0.1) is 0 Å². The number of rotatable bonds is 5. The molecule has 9 heteroatoms. The summed E-state index contributed by atoms with van der Waals surface area (Å²) in [7, 11) is 3.51. The highest BCUT2D eigenvalue weighted by molar-refractivity contribution is 8.14. The number of aromatic nitrogens is 3. The number of methoxy groups -OCH3 is 1. The van der Waals surface area contributed by atoms with E-state index in [1.54, 1.807) is 18.9 Å². The average molecular weight is 363 g/mol. The van der Waals surface area contributed by atoms with Gasteiger partial charge in [0.05, 0.1) is 19.4 Å². The van der Waals surface area contributed by atoms with Gasteiger partial charge in [0, 0.05) is 18.4 Å². The number of nitrogens with one attached hydrogen (secondary N) is 1. The van der Waals surface area contributed by atoms with E-state index in [1.807, 2.05) is 35.9 Å². The Balaban J connectivity index is 1.65. The number of hydrogen-bond acceptors (Lipinski definition) is 7. The van der Waals surface area contributed by atoms with Gasteiger partial charge in [-0.3, -0.25) is 9.79 Å². The first-order valence-electron chi connectivity index (χ1n) is 7.31. The summed E-state index contributed by atoms with van der Waals surface area (Å²) in [6.07, 6.45) is 0. The van der Waals surface area contributed by atoms with E-state index in [0.717, 1.165) is 29.4 Å². The second-order valence-corrected chi connectivity index (χ2v) is 7.00. The Morgan fingerprint density at radius 2 is 2.33 bits per heavy atom. The minimum Gasteiger partial charge on any atom is -0.497 e. The molecule has 2 heterocycles. The number of thioether (sulfide) groups is 2. The number of amidine groups is 1. The minimum absolute atomic E-state index is 0.0842. The lowest BCUT2D eigenvalue weighted by Crippen LogP contribution is -2.29. The fraction of sp³-hybridized carbons (Fsp3) is 0.333. The van der Waals surface area contributed by atoms with Crippen LogP contribution in [0.1, 0.15) is 0 Å². The summed E-state index contributed by atoms with van der Waals surface area (Å²) >= 11 is 2.91. The third-order valence-corrected chi connectivity index (χ3v) is 5.24. The molecule has 1 aliphatic rings. The Morgan fingerprint density at radius 3 is 3.08 bits per heavy atom. The van der Waals surface area contributed by atoms with E-state index < -0.39 is 0 Å². The van der Waals surface area contributed by atoms with Crippen molar-refractivity contribution in [1.29, 1.82) is 0 Å². The van der Waals surface area contributed by atoms with Crippen LogP contribution in [0.5, 0.6) is 5.75 Å². The van der Waals surface area contributed by atoms with Gasteiger partial charge < -0.3 is 14.6 Å². The van der Waals surface area contributed by atoms with Gasteiger partial charge in [-0.2, -0.15) is 0 Å². The molecule has 0 spiro atoms. The van der Waals surface area contributed by atoms with Gasteiger partial charge in [-0.05, 0) is 12.1 Å². The highest BCUT2D eigenvalue weighted by Crippen LogP contribution is 2.25. The van der Waals surface area contributed by atoms with Crippen molar-refractivity contribution >= 4 is 34.6 Å². The molecule has 0 aliphatic carbocycles. The molecule has 2 aromatic rings. The van der Waals surface area contributed by atoms with Crippen molar-refractivity contribution in [3.05, 3.63) is 24.3 Å². The standard InChI is InChI=1S/C15H17N5O2S2/c1-20-13(10-4-3-5-11(8-10)22-2)18-19-15(20)24-9-12(21)17-14-16-6-7-23-14/h3-5,8H,6-7,9H2,1-2H3,(H,16,17,21). The van der Waals surface area contributed by atoms with Gasteiger partial charge in [-0.15, -0.1) is 10.2 Å². The van der Waals surface area contributed by atoms with Crippen molar-refractivity contribution in [3.63, 3.8) is 0 Å². The normalized spacial score (nSPS) is 13.7. The third kappa shape index (κ3) is 3.90. The van der Waals surface area contributed by atoms with Crippen LogP contribution in [0.3, 0.4) is 0 Å². The molecular formula is C15H17N5O2S2. The smallest absolute Gasteiger partial charge is 0.236 e. The van der Waals surface area contributed by atoms with Crippen LogP contribution in [-0.4, -0.2) is 51.0 Å². The maximum absolute atomic E-state index is 11.9. The molecule has 0 radical (unpaired) electrons. The van der Waals surface area contributed by atoms with Crippen molar-refractivity contribution in [1.82, 2.24) is 20.1 Å². The van der Waals surface area contributed by atoms with Crippen molar-refractivity contribution in [3.8, 4) is 17.1 Å². The molecule has 0 saturated heterocycles. The van der Waals surface area contributed by atoms with E-state index in [-0.39, 0.29) is 11.7 Å². The van der Waals surface area contributed by atoms with Crippen LogP contribution in [0.25, 0.3) is 11.4 Å². The Labute approximate surface area is 148 Å². The predicted molar refractivity (Wildman–Crippen MR) is 96.6 cm³/mol. The molecule has 24 heavy (non-hydrogen) atoms. The second-order valence-electron chi connectivity index (χ2n) is 4.97. The van der Waals surface area contributed by atoms with Crippen LogP contribution in [0.15, 0.2) is 34.4 Å². The largest absolute Gasteiger partial charge is 0.497 e. The monoisotopic (exact) mass is 363 g/mol. The van der Waals surface area contributed by atoms with Gasteiger partial charge in [0.2, 0.25) is 5.91 Å². The van der Waals surface area contributed by atoms with E-state index >= 15 is 0 Å². The second kappa shape index (κ2) is 7.71. The summed E-state index contributed by atoms with van der Waals surface area (Å²) < 4.78 is 7.11. The van der Waals surface area contributed by atoms with Gasteiger partial charge in [0.25, 0.3) is 0 Å². The number of hydrogen-bond donors (Lipinski definition) is 1. The predicted octanol–water partition coefficient (Wildman–Crippen LogP) is 1.80. The topological polar surface area (TPSA) is 81.4 Å². The molecule has 0 atom stereocenters. The number of benzene rings is 1. The summed E-state index contributed by atoms with van der Waals surface area (Å²) in [6, 6.07) is 7.64. The summed E-state index contributed by atoms with van der Waals surface area (Å²) in [4.78, 5) is 16.1. The molecule has 1 aromatic carbocycles. The SMILES string of the molecule is COc1cccc(-c2nnc(SCC(=O)NC3=NCCS3)n2C)c1. The lowest BCUT2D eigenvalue weighted by molar-refractivity contribution is -0.117. The number of ether oxygens (including phenoxy) is 1. The van der Waals surface area contributed by atoms with Crippen LogP contribution in [0.4, 0.5) is 0 Å². The molecule has 126 valence electrons. The fourth-order valence-corrected chi connectivity index (χ4v) is 3.61. The molecule has 1 N–H and O–H groups in total. The molecule has 1 aliphatic heterocycles. The Morgan fingerprint density at radius 1 is 1.46 bits per heavy atom. The van der Waals surface area contributed by atoms with Gasteiger partial charge in [-0.1, -0.05) is 35.7 Å². The summed E-state index contributed by atoms with van der Waals surface area (Å²) in [5, 5.41) is 12.6. The zero-order chi connectivity index (χ0) is 16.9. The average Bonchev–Trinajstić information content (AvgIpc) is 3.23. The van der Waals surface area contributed by atoms with Crippen LogP contribution < -0.4 is 10.1 Å². The summed E-state index contributed by atoms with van der Waals surface area (Å²) in [5.41, 5.74) is 0.914. The van der Waals surface area contributed by atoms with E-state index in [1.165, 1.54) is 11.8 Å². The third-order valence-electron chi connectivity index (χ3n) is 3.33. The van der Waals surface area contributed by atoms with E-state index in [0.29, 0.717) is 10.3 Å². The van der Waals surface area contributed by atoms with E-state index in [2.05, 4.69) is 20.5 Å². The zero-order valence-corrected chi connectivity index (χ0v) is 15.0. The number of carbonyl (C=O) groups is 1. The molecule has 0 unspecified atom stereocenters. The fourth-order valence-electron chi connectivity index (χ4n) is 2.15. The number of nitrogens with zero attached hydrogens (tertiary/aromatic N) is 4. The molecule has 0 bridgehead atoms. The first-order chi connectivity index (χ1) is 11.7. The van der Waals surface area contributed by atoms with Crippen LogP contribution >= 0.6 is 23.5 Å². The van der Waals surface area contributed by atoms with Crippen molar-refractivity contribution in [2.24, 2.45) is 12.0 Å². The van der Waals surface area contributed by atoms with Crippen LogP contribution in [0.2, 0.25) is 0 Å². The maximum Gasteiger partial charge on any atom is 0.236 e. The van der Waals surface area contributed by atoms with Gasteiger partial charge in [-0.25, -0.2) is 0 Å². The van der Waals surface area contributed by atoms with Crippen LogP contribution in [-0.2, 0) is 11.8 Å². The first-order valence-corrected chi connectivity index (χ1v) is 9.28. The van der Waals surface area contributed by atoms with Gasteiger partial charge in [0.15, 0.2) is 16.1 Å². The Bertz CT molecular complexity index is 775. The Hall–Kier alpha value is -2.00. The highest BCUT2D eigenvalue weighted by Gasteiger charge is 2.15. The molecule has 0 fully saturated rings. The molecule has 1 aromatic heterocycles. The molecule has 3 rings (SSSR count). The van der Waals surface area contributed by atoms with E-state index in [4.69, 9.17) is 4.74 Å². The number of aliphatic imine (C=N–C) groups is 1. The van der Waals surface area contributed by atoms with Gasteiger partial charge in [0.1, 0.15) is 5.75 Å². The first kappa shape index (κ1) is 16.8. The summed E-state index contributed by atoms with van der Waals surface area (Å²) in [6.45, 7) is 0.764. The van der Waals surface area contributed by atoms with Crippen molar-refractivity contribution in [2.75, 3.05) is 25.2 Å². The quantitative estimate of drug-likeness (QED) is 0.816. The number of amides is 1. The van der Waals surface area contributed by atoms with Crippen molar-refractivity contribution in [2.45, 2.75) is 5.16 Å². The minimum atomic E-state index is -0.0842. The molecular weight excluding hydrogens is 346 g/mol. The van der Waals surface area contributed by atoms with Gasteiger partial charge >= 0.3 is 0 Å². The highest BCUT2D eigenvalue weighted by atomic mass is 32.2. The Kier molecular flexibility index (Phi) is 5.41. The molecule has 0 saturated carbocycles. The lowest BCUT2D eigenvalue weighted by atomic mass is 10.2. The van der Waals surface area contributed by atoms with Crippen molar-refractivity contribution < 1.29 is 9.53 Å². The number of carbonyl (C=O) groups excluding carboxylic acids is 1. The summed E-state index contributed by atoms with van der Waals surface area (Å²) in [5.74, 6) is 2.60.